The molecule has 0 saturated heterocycles. The van der Waals surface area contributed by atoms with Gasteiger partial charge in [0.15, 0.2) is 0 Å². The van der Waals surface area contributed by atoms with Crippen molar-refractivity contribution in [3.8, 4) is 0 Å². The minimum Gasteiger partial charge on any atom is -0.356 e. The zero-order chi connectivity index (χ0) is 15.8. The molecule has 5 heteroatoms. The fraction of sp³-hybridized carbons (Fsp3) is 0.647. The van der Waals surface area contributed by atoms with Crippen LogP contribution in [0.5, 0.6) is 0 Å². The number of hydrogen-bond acceptors (Lipinski definition) is 4. The predicted molar refractivity (Wildman–Crippen MR) is 94.7 cm³/mol. The van der Waals surface area contributed by atoms with Gasteiger partial charge in [0.2, 0.25) is 0 Å². The number of rotatable bonds is 10. The number of unbranched alkanes of at least 4 members (excludes halogenated alkanes) is 4. The van der Waals surface area contributed by atoms with Gasteiger partial charge in [0.25, 0.3) is 0 Å². The van der Waals surface area contributed by atoms with Gasteiger partial charge < -0.3 is 4.90 Å². The molecule has 0 atom stereocenters. The van der Waals surface area contributed by atoms with E-state index in [1.165, 1.54) is 43.6 Å². The minimum atomic E-state index is 1.00. The largest absolute Gasteiger partial charge is 0.356 e. The van der Waals surface area contributed by atoms with Crippen molar-refractivity contribution in [2.24, 2.45) is 7.05 Å². The molecule has 0 fully saturated rings. The van der Waals surface area contributed by atoms with E-state index < -0.39 is 0 Å². The first kappa shape index (κ1) is 17.0. The maximum atomic E-state index is 4.50. The Hall–Kier alpha value is -1.36. The van der Waals surface area contributed by atoms with E-state index in [1.807, 2.05) is 17.2 Å². The van der Waals surface area contributed by atoms with Crippen LogP contribution < -0.4 is 4.90 Å². The summed E-state index contributed by atoms with van der Waals surface area (Å²) in [4.78, 5) is 6.86. The van der Waals surface area contributed by atoms with Gasteiger partial charge in [-0.15, -0.1) is 11.3 Å². The second kappa shape index (κ2) is 8.93. The Kier molecular flexibility index (Phi) is 6.90. The molecule has 0 aliphatic carbocycles. The molecule has 0 unspecified atom stereocenters. The van der Waals surface area contributed by atoms with Crippen LogP contribution in [0.1, 0.15) is 50.4 Å². The number of aryl methyl sites for hydroxylation is 2. The van der Waals surface area contributed by atoms with Gasteiger partial charge in [0.1, 0.15) is 5.82 Å². The summed E-state index contributed by atoms with van der Waals surface area (Å²) in [5.74, 6) is 1.23. The van der Waals surface area contributed by atoms with Crippen molar-refractivity contribution in [1.82, 2.24) is 14.8 Å². The number of hydrogen-bond donors (Lipinski definition) is 0. The van der Waals surface area contributed by atoms with E-state index in [0.717, 1.165) is 25.2 Å². The highest BCUT2D eigenvalue weighted by Gasteiger charge is 2.12. The molecule has 0 radical (unpaired) electrons. The summed E-state index contributed by atoms with van der Waals surface area (Å²) < 4.78 is 2.00. The van der Waals surface area contributed by atoms with E-state index in [-0.39, 0.29) is 0 Å². The van der Waals surface area contributed by atoms with Crippen LogP contribution in [0.3, 0.4) is 0 Å². The highest BCUT2D eigenvalue weighted by molar-refractivity contribution is 7.07. The minimum absolute atomic E-state index is 1.00. The fourth-order valence-electron chi connectivity index (χ4n) is 2.75. The number of anilines is 1. The molecule has 0 amide bonds. The van der Waals surface area contributed by atoms with Crippen molar-refractivity contribution < 1.29 is 0 Å². The molecule has 0 saturated carbocycles. The van der Waals surface area contributed by atoms with Gasteiger partial charge in [-0.05, 0) is 13.3 Å². The highest BCUT2D eigenvalue weighted by Crippen LogP contribution is 2.17. The average Bonchev–Trinajstić information content (AvgIpc) is 3.12. The molecular weight excluding hydrogens is 292 g/mol. The first-order chi connectivity index (χ1) is 10.7. The first-order valence-corrected chi connectivity index (χ1v) is 9.27. The second-order valence-corrected chi connectivity index (χ2v) is 6.62. The van der Waals surface area contributed by atoms with E-state index in [4.69, 9.17) is 0 Å². The van der Waals surface area contributed by atoms with Crippen molar-refractivity contribution in [3.05, 3.63) is 28.3 Å². The fourth-order valence-corrected chi connectivity index (χ4v) is 3.34. The summed E-state index contributed by atoms with van der Waals surface area (Å²) in [5, 5.41) is 6.64. The maximum absolute atomic E-state index is 4.50. The van der Waals surface area contributed by atoms with Crippen LogP contribution in [0.25, 0.3) is 0 Å². The lowest BCUT2D eigenvalue weighted by Gasteiger charge is -2.24. The third-order valence-electron chi connectivity index (χ3n) is 3.95. The van der Waals surface area contributed by atoms with Crippen LogP contribution in [0.2, 0.25) is 0 Å². The molecule has 0 N–H and O–H groups in total. The molecule has 0 aromatic carbocycles. The molecule has 0 aliphatic rings. The summed E-state index contributed by atoms with van der Waals surface area (Å²) in [6.45, 7) is 6.44. The van der Waals surface area contributed by atoms with Crippen molar-refractivity contribution in [2.75, 3.05) is 18.0 Å². The molecule has 0 bridgehead atoms. The van der Waals surface area contributed by atoms with Crippen molar-refractivity contribution in [1.29, 1.82) is 0 Å². The van der Waals surface area contributed by atoms with Gasteiger partial charge in [-0.25, -0.2) is 4.98 Å². The molecule has 2 heterocycles. The number of nitrogens with zero attached hydrogens (tertiary/aromatic N) is 4. The predicted octanol–water partition coefficient (Wildman–Crippen LogP) is 4.20. The van der Waals surface area contributed by atoms with E-state index in [0.29, 0.717) is 0 Å². The molecule has 22 heavy (non-hydrogen) atoms. The monoisotopic (exact) mass is 320 g/mol. The zero-order valence-corrected chi connectivity index (χ0v) is 14.9. The van der Waals surface area contributed by atoms with E-state index in [9.17, 15) is 0 Å². The lowest BCUT2D eigenvalue weighted by molar-refractivity contribution is 0.605. The Morgan fingerprint density at radius 3 is 2.64 bits per heavy atom. The summed E-state index contributed by atoms with van der Waals surface area (Å²) in [5.41, 5.74) is 4.19. The van der Waals surface area contributed by atoms with Crippen LogP contribution in [0.4, 0.5) is 5.82 Å². The first-order valence-electron chi connectivity index (χ1n) is 8.33. The van der Waals surface area contributed by atoms with Crippen LogP contribution in [-0.4, -0.2) is 27.9 Å². The summed E-state index contributed by atoms with van der Waals surface area (Å²) in [7, 11) is 2.04. The number of aromatic nitrogens is 3. The molecule has 122 valence electrons. The van der Waals surface area contributed by atoms with E-state index in [2.05, 4.69) is 40.3 Å². The third-order valence-corrected chi connectivity index (χ3v) is 4.59. The average molecular weight is 321 g/mol. The van der Waals surface area contributed by atoms with Crippen LogP contribution in [0.15, 0.2) is 17.0 Å². The lowest BCUT2D eigenvalue weighted by atomic mass is 10.1. The third kappa shape index (κ3) is 5.13. The summed E-state index contributed by atoms with van der Waals surface area (Å²) in [6.07, 6.45) is 7.57. The molecule has 4 nitrogen and oxygen atoms in total. The van der Waals surface area contributed by atoms with Crippen molar-refractivity contribution in [2.45, 2.75) is 52.4 Å². The standard InChI is InChI=1S/C17H28N4S/c1-4-5-6-7-8-10-21(11-9-16-13-22-14-18-16)17-12-15(2)19-20(17)3/h12-14H,4-11H2,1-3H3. The Bertz CT molecular complexity index is 533. The van der Waals surface area contributed by atoms with Crippen LogP contribution in [-0.2, 0) is 13.5 Å². The molecule has 0 aliphatic heterocycles. The SMILES string of the molecule is CCCCCCCN(CCc1cscn1)c1cc(C)nn1C. The Morgan fingerprint density at radius 1 is 1.18 bits per heavy atom. The van der Waals surface area contributed by atoms with Crippen LogP contribution in [0, 0.1) is 6.92 Å². The van der Waals surface area contributed by atoms with Crippen molar-refractivity contribution >= 4 is 17.2 Å². The smallest absolute Gasteiger partial charge is 0.126 e. The Labute approximate surface area is 138 Å². The summed E-state index contributed by atoms with van der Waals surface area (Å²) in [6, 6.07) is 2.19. The molecule has 2 rings (SSSR count). The van der Waals surface area contributed by atoms with Crippen molar-refractivity contribution in [3.63, 3.8) is 0 Å². The Balaban J connectivity index is 1.92. The Morgan fingerprint density at radius 2 is 2.00 bits per heavy atom. The maximum Gasteiger partial charge on any atom is 0.126 e. The zero-order valence-electron chi connectivity index (χ0n) is 14.1. The van der Waals surface area contributed by atoms with Gasteiger partial charge >= 0.3 is 0 Å². The molecular formula is C17H28N4S. The quantitative estimate of drug-likeness (QED) is 0.615. The van der Waals surface area contributed by atoms with Gasteiger partial charge in [-0.2, -0.15) is 5.10 Å². The van der Waals surface area contributed by atoms with Gasteiger partial charge in [0.05, 0.1) is 16.9 Å². The topological polar surface area (TPSA) is 34.0 Å². The second-order valence-electron chi connectivity index (χ2n) is 5.90. The lowest BCUT2D eigenvalue weighted by Crippen LogP contribution is -2.29. The van der Waals surface area contributed by atoms with E-state index >= 15 is 0 Å². The number of thiazole rings is 1. The van der Waals surface area contributed by atoms with Gasteiger partial charge in [0, 0.05) is 38.0 Å². The van der Waals surface area contributed by atoms with Crippen LogP contribution >= 0.6 is 11.3 Å². The summed E-state index contributed by atoms with van der Waals surface area (Å²) >= 11 is 1.67. The van der Waals surface area contributed by atoms with Gasteiger partial charge in [-0.3, -0.25) is 4.68 Å². The molecule has 0 spiro atoms. The van der Waals surface area contributed by atoms with Gasteiger partial charge in [-0.1, -0.05) is 32.6 Å². The molecule has 2 aromatic heterocycles. The van der Waals surface area contributed by atoms with E-state index in [1.54, 1.807) is 11.3 Å². The normalized spacial score (nSPS) is 11.0. The highest BCUT2D eigenvalue weighted by atomic mass is 32.1. The molecule has 2 aromatic rings.